The van der Waals surface area contributed by atoms with Gasteiger partial charge in [0.15, 0.2) is 0 Å². The topological polar surface area (TPSA) is 91.8 Å². The van der Waals surface area contributed by atoms with Gasteiger partial charge in [-0.15, -0.1) is 13.2 Å². The summed E-state index contributed by atoms with van der Waals surface area (Å²) in [6.45, 7) is 7.70. The van der Waals surface area contributed by atoms with Crippen molar-refractivity contribution in [3.63, 3.8) is 0 Å². The fourth-order valence-corrected chi connectivity index (χ4v) is 4.22. The largest absolute Gasteiger partial charge is 0.573 e. The molecule has 2 N–H and O–H groups in total. The number of imidazole rings is 1. The Morgan fingerprint density at radius 2 is 1.97 bits per heavy atom. The van der Waals surface area contributed by atoms with Gasteiger partial charge in [-0.2, -0.15) is 0 Å². The minimum Gasteiger partial charge on any atom is -0.444 e. The molecule has 0 bridgehead atoms. The molecular formula is C24H30F3N5O4. The van der Waals surface area contributed by atoms with E-state index < -0.39 is 17.7 Å². The molecule has 36 heavy (non-hydrogen) atoms. The van der Waals surface area contributed by atoms with Gasteiger partial charge in [-0.3, -0.25) is 4.57 Å². The monoisotopic (exact) mass is 509 g/mol. The molecule has 3 heterocycles. The highest BCUT2D eigenvalue weighted by atomic mass is 19.4. The van der Waals surface area contributed by atoms with Crippen molar-refractivity contribution >= 4 is 18.4 Å². The number of carbonyl (C=O) groups excluding carboxylic acids is 1. The number of amides is 1. The van der Waals surface area contributed by atoms with Crippen LogP contribution in [0.5, 0.6) is 5.75 Å². The molecule has 4 rings (SSSR count). The quantitative estimate of drug-likeness (QED) is 0.617. The number of H-pyrrole nitrogens is 1. The molecule has 1 aromatic carbocycles. The third-order valence-electron chi connectivity index (χ3n) is 5.87. The number of hydrogen-bond donors (Lipinski definition) is 2. The van der Waals surface area contributed by atoms with E-state index in [1.165, 1.54) is 22.8 Å². The molecule has 0 unspecified atom stereocenters. The number of aromatic nitrogens is 2. The molecule has 0 radical (unpaired) electrons. The molecule has 0 aliphatic carbocycles. The zero-order valence-corrected chi connectivity index (χ0v) is 20.4. The van der Waals surface area contributed by atoms with Crippen molar-refractivity contribution in [3.05, 3.63) is 51.0 Å². The summed E-state index contributed by atoms with van der Waals surface area (Å²) in [5, 5.41) is 2.96. The van der Waals surface area contributed by atoms with Crippen molar-refractivity contribution in [1.29, 1.82) is 0 Å². The molecular weight excluding hydrogens is 479 g/mol. The van der Waals surface area contributed by atoms with Crippen LogP contribution >= 0.6 is 0 Å². The molecule has 0 saturated carbocycles. The molecule has 12 heteroatoms. The van der Waals surface area contributed by atoms with Gasteiger partial charge in [0, 0.05) is 31.4 Å². The van der Waals surface area contributed by atoms with Crippen molar-refractivity contribution in [2.45, 2.75) is 45.7 Å². The number of carbonyl (C=O) groups is 1. The number of nitrogens with one attached hydrogen (secondary N) is 2. The number of rotatable bonds is 6. The van der Waals surface area contributed by atoms with Crippen molar-refractivity contribution in [1.82, 2.24) is 24.9 Å². The second-order valence-corrected chi connectivity index (χ2v) is 9.90. The van der Waals surface area contributed by atoms with E-state index in [1.54, 1.807) is 17.2 Å². The Kier molecular flexibility index (Phi) is 7.07. The van der Waals surface area contributed by atoms with Crippen LogP contribution in [-0.4, -0.2) is 63.7 Å². The van der Waals surface area contributed by atoms with E-state index in [1.807, 2.05) is 31.9 Å². The van der Waals surface area contributed by atoms with E-state index >= 15 is 0 Å². The lowest BCUT2D eigenvalue weighted by atomic mass is 10.1. The van der Waals surface area contributed by atoms with E-state index in [0.717, 1.165) is 6.42 Å². The predicted octanol–water partition coefficient (Wildman–Crippen LogP) is 1.72. The maximum Gasteiger partial charge on any atom is 0.573 e. The average Bonchev–Trinajstić information content (AvgIpc) is 3.36. The zero-order valence-electron chi connectivity index (χ0n) is 20.4. The van der Waals surface area contributed by atoms with Gasteiger partial charge in [-0.05, 0) is 45.3 Å². The van der Waals surface area contributed by atoms with E-state index in [9.17, 15) is 22.8 Å². The normalized spacial score (nSPS) is 17.9. The minimum atomic E-state index is -4.83. The van der Waals surface area contributed by atoms with Crippen LogP contribution in [0.25, 0.3) is 12.3 Å². The van der Waals surface area contributed by atoms with Crippen LogP contribution in [0.1, 0.15) is 32.8 Å². The van der Waals surface area contributed by atoms with Gasteiger partial charge in [0.25, 0.3) is 0 Å². The van der Waals surface area contributed by atoms with Crippen molar-refractivity contribution in [3.8, 4) is 5.75 Å². The number of alkyl halides is 3. The molecule has 1 amide bonds. The summed E-state index contributed by atoms with van der Waals surface area (Å²) < 4.78 is 49.4. The molecule has 2 aliphatic rings. The average molecular weight is 510 g/mol. The Balaban J connectivity index is 1.43. The molecule has 196 valence electrons. The molecule has 1 atom stereocenters. The van der Waals surface area contributed by atoms with E-state index in [-0.39, 0.29) is 29.9 Å². The Labute approximate surface area is 205 Å². The maximum atomic E-state index is 12.8. The summed E-state index contributed by atoms with van der Waals surface area (Å²) in [4.78, 5) is 29.3. The van der Waals surface area contributed by atoms with Crippen molar-refractivity contribution in [2.75, 3.05) is 26.2 Å². The molecule has 1 saturated heterocycles. The van der Waals surface area contributed by atoms with E-state index in [4.69, 9.17) is 4.74 Å². The number of ether oxygens (including phenoxy) is 2. The highest BCUT2D eigenvalue weighted by Gasteiger charge is 2.32. The zero-order chi connectivity index (χ0) is 26.1. The van der Waals surface area contributed by atoms with Crippen molar-refractivity contribution < 1.29 is 27.4 Å². The lowest BCUT2D eigenvalue weighted by Gasteiger charge is -2.25. The van der Waals surface area contributed by atoms with Gasteiger partial charge in [-0.1, -0.05) is 18.2 Å². The highest BCUT2D eigenvalue weighted by molar-refractivity contribution is 5.68. The lowest BCUT2D eigenvalue weighted by molar-refractivity contribution is -0.274. The second-order valence-electron chi connectivity index (χ2n) is 9.90. The van der Waals surface area contributed by atoms with Gasteiger partial charge >= 0.3 is 18.1 Å². The predicted molar refractivity (Wildman–Crippen MR) is 126 cm³/mol. The fraction of sp³-hybridized carbons (Fsp3) is 0.500. The Morgan fingerprint density at radius 3 is 2.69 bits per heavy atom. The third-order valence-corrected chi connectivity index (χ3v) is 5.87. The molecule has 2 aromatic rings. The Bertz CT molecular complexity index is 1280. The van der Waals surface area contributed by atoms with Gasteiger partial charge < -0.3 is 24.4 Å². The van der Waals surface area contributed by atoms with Crippen LogP contribution in [-0.2, 0) is 11.3 Å². The first-order chi connectivity index (χ1) is 16.9. The number of aromatic amines is 1. The van der Waals surface area contributed by atoms with Crippen LogP contribution in [0.2, 0.25) is 0 Å². The van der Waals surface area contributed by atoms with Crippen LogP contribution in [0, 0.1) is 5.92 Å². The Morgan fingerprint density at radius 1 is 1.22 bits per heavy atom. The summed E-state index contributed by atoms with van der Waals surface area (Å²) >= 11 is 0. The van der Waals surface area contributed by atoms with Gasteiger partial charge in [0.05, 0.1) is 23.8 Å². The number of hydrazine groups is 1. The lowest BCUT2D eigenvalue weighted by Crippen LogP contribution is -2.46. The number of fused-ring (bicyclic) bond motifs is 1. The summed E-state index contributed by atoms with van der Waals surface area (Å²) in [7, 11) is 0. The molecule has 9 nitrogen and oxygen atoms in total. The molecule has 1 fully saturated rings. The van der Waals surface area contributed by atoms with Crippen molar-refractivity contribution in [2.24, 2.45) is 5.92 Å². The standard InChI is InChI=1S/C24H30F3N5O4/c1-23(2,3)36-22(34)30-10-8-16(13-30)12-28-31-11-9-18-19(15-31)32(21(33)29-18)14-17-6-4-5-7-20(17)35-24(25,26)27/h4-7,9,15-16,28H,8,10-14H2,1-3H3,(H,29,33)/t16-/m1/s1. The SMILES string of the molecule is CC(C)(C)OC(=O)N1CC[C@H](CNN2C=c3c([nH]c(=O)n3Cc3ccccc3OC(F)(F)F)=CC2)C1. The van der Waals surface area contributed by atoms with Crippen LogP contribution in [0.15, 0.2) is 29.1 Å². The minimum absolute atomic E-state index is 0.0947. The summed E-state index contributed by atoms with van der Waals surface area (Å²) in [6.07, 6.45) is -0.738. The number of hydrogen-bond acceptors (Lipinski definition) is 6. The van der Waals surface area contributed by atoms with E-state index in [0.29, 0.717) is 36.9 Å². The summed E-state index contributed by atoms with van der Waals surface area (Å²) in [5.41, 5.74) is 2.57. The van der Waals surface area contributed by atoms with E-state index in [2.05, 4.69) is 15.1 Å². The highest BCUT2D eigenvalue weighted by Crippen LogP contribution is 2.26. The molecule has 1 aromatic heterocycles. The third kappa shape index (κ3) is 6.42. The second kappa shape index (κ2) is 9.92. The maximum absolute atomic E-state index is 12.8. The number of nitrogens with zero attached hydrogens (tertiary/aromatic N) is 3. The number of benzene rings is 1. The summed E-state index contributed by atoms with van der Waals surface area (Å²) in [5.74, 6) is -0.121. The fourth-order valence-electron chi connectivity index (χ4n) is 4.22. The van der Waals surface area contributed by atoms with Crippen LogP contribution in [0.4, 0.5) is 18.0 Å². The molecule has 0 spiro atoms. The smallest absolute Gasteiger partial charge is 0.444 e. The van der Waals surface area contributed by atoms with Crippen LogP contribution in [0.3, 0.4) is 0 Å². The first-order valence-corrected chi connectivity index (χ1v) is 11.7. The number of para-hydroxylation sites is 1. The number of halogens is 3. The van der Waals surface area contributed by atoms with Gasteiger partial charge in [0.1, 0.15) is 11.4 Å². The number of likely N-dealkylation sites (tertiary alicyclic amines) is 1. The summed E-state index contributed by atoms with van der Waals surface area (Å²) in [6, 6.07) is 5.75. The van der Waals surface area contributed by atoms with Crippen LogP contribution < -0.4 is 26.6 Å². The Hall–Kier alpha value is -3.41. The first-order valence-electron chi connectivity index (χ1n) is 11.7. The van der Waals surface area contributed by atoms with Gasteiger partial charge in [0.2, 0.25) is 0 Å². The van der Waals surface area contributed by atoms with Gasteiger partial charge in [-0.25, -0.2) is 15.0 Å². The first kappa shape index (κ1) is 25.7. The molecule has 2 aliphatic heterocycles.